The minimum absolute atomic E-state index is 0.706. The van der Waals surface area contributed by atoms with Crippen LogP contribution >= 0.6 is 11.6 Å². The summed E-state index contributed by atoms with van der Waals surface area (Å²) in [5, 5.41) is 9.24. The van der Waals surface area contributed by atoms with Gasteiger partial charge >= 0.3 is 5.79 Å². The fraction of sp³-hybridized carbons (Fsp3) is 0.286. The Balaban J connectivity index is 3.07. The van der Waals surface area contributed by atoms with Crippen LogP contribution in [0.4, 0.5) is 4.39 Å². The van der Waals surface area contributed by atoms with E-state index in [9.17, 15) is 19.3 Å². The maximum absolute atomic E-state index is 13.5. The fourth-order valence-electron chi connectivity index (χ4n) is 1.01. The van der Waals surface area contributed by atoms with Crippen molar-refractivity contribution in [3.05, 3.63) is 34.4 Å². The molecule has 1 aliphatic rings. The molecular weight excluding hydrogens is 201 g/mol. The number of carbonyl (C=O) groups is 1. The van der Waals surface area contributed by atoms with Crippen molar-refractivity contribution in [3.63, 3.8) is 0 Å². The van der Waals surface area contributed by atoms with Gasteiger partial charge in [-0.05, 0) is 11.6 Å². The zero-order valence-electron chi connectivity index (χ0n) is 6.31. The molecule has 2 atom stereocenters. The SMILES string of the molecule is O=C(Cl)C1C=CC=CC1(F)[N+](=O)[O-]. The molecule has 0 spiro atoms. The molecule has 0 bridgehead atoms. The Morgan fingerprint density at radius 2 is 2.23 bits per heavy atom. The minimum atomic E-state index is -2.91. The van der Waals surface area contributed by atoms with Crippen molar-refractivity contribution in [3.8, 4) is 0 Å². The van der Waals surface area contributed by atoms with E-state index < -0.39 is 21.9 Å². The van der Waals surface area contributed by atoms with Crippen LogP contribution < -0.4 is 0 Å². The fourth-order valence-corrected chi connectivity index (χ4v) is 1.24. The molecule has 1 rings (SSSR count). The molecule has 0 fully saturated rings. The summed E-state index contributed by atoms with van der Waals surface area (Å²) < 4.78 is 13.5. The third-order valence-corrected chi connectivity index (χ3v) is 1.94. The van der Waals surface area contributed by atoms with Crippen molar-refractivity contribution in [1.29, 1.82) is 0 Å². The molecule has 0 N–H and O–H groups in total. The first-order valence-corrected chi connectivity index (χ1v) is 3.75. The lowest BCUT2D eigenvalue weighted by molar-refractivity contribution is -0.594. The highest BCUT2D eigenvalue weighted by atomic mass is 35.5. The van der Waals surface area contributed by atoms with Crippen molar-refractivity contribution in [2.75, 3.05) is 0 Å². The van der Waals surface area contributed by atoms with Gasteiger partial charge in [-0.25, -0.2) is 0 Å². The normalized spacial score (nSPS) is 31.7. The third kappa shape index (κ3) is 1.60. The molecule has 0 radical (unpaired) electrons. The van der Waals surface area contributed by atoms with Crippen LogP contribution in [0.2, 0.25) is 0 Å². The van der Waals surface area contributed by atoms with Crippen LogP contribution in [0, 0.1) is 16.0 Å². The predicted octanol–water partition coefficient (Wildman–Crippen LogP) is 1.44. The standard InChI is InChI=1S/C7H5ClFNO3/c8-6(11)5-3-1-2-4-7(5,9)10(12)13/h1-5H. The highest BCUT2D eigenvalue weighted by Gasteiger charge is 2.52. The van der Waals surface area contributed by atoms with Crippen LogP contribution in [-0.4, -0.2) is 16.0 Å². The lowest BCUT2D eigenvalue weighted by atomic mass is 9.94. The number of rotatable bonds is 2. The average molecular weight is 206 g/mol. The van der Waals surface area contributed by atoms with Gasteiger partial charge in [0.15, 0.2) is 5.92 Å². The van der Waals surface area contributed by atoms with Gasteiger partial charge in [-0.3, -0.25) is 14.9 Å². The Kier molecular flexibility index (Phi) is 2.47. The maximum atomic E-state index is 13.5. The van der Waals surface area contributed by atoms with Gasteiger partial charge in [0.1, 0.15) is 0 Å². The molecule has 0 aromatic carbocycles. The molecule has 0 heterocycles. The van der Waals surface area contributed by atoms with E-state index in [1.807, 2.05) is 0 Å². The summed E-state index contributed by atoms with van der Waals surface area (Å²) in [7, 11) is 0. The van der Waals surface area contributed by atoms with Crippen molar-refractivity contribution in [1.82, 2.24) is 0 Å². The van der Waals surface area contributed by atoms with Crippen LogP contribution in [0.15, 0.2) is 24.3 Å². The molecule has 6 heteroatoms. The van der Waals surface area contributed by atoms with E-state index in [1.54, 1.807) is 0 Å². The summed E-state index contributed by atoms with van der Waals surface area (Å²) in [6.45, 7) is 0. The largest absolute Gasteiger partial charge is 0.392 e. The molecule has 2 unspecified atom stereocenters. The maximum Gasteiger partial charge on any atom is 0.392 e. The number of nitrogens with zero attached hydrogens (tertiary/aromatic N) is 1. The molecular formula is C7H5ClFNO3. The Morgan fingerprint density at radius 3 is 2.62 bits per heavy atom. The van der Waals surface area contributed by atoms with E-state index in [4.69, 9.17) is 11.6 Å². The highest BCUT2D eigenvalue weighted by molar-refractivity contribution is 6.64. The van der Waals surface area contributed by atoms with Crippen molar-refractivity contribution in [2.24, 2.45) is 5.92 Å². The molecule has 0 saturated heterocycles. The Bertz CT molecular complexity index is 315. The zero-order valence-corrected chi connectivity index (χ0v) is 7.07. The molecule has 0 aliphatic heterocycles. The summed E-state index contributed by atoms with van der Waals surface area (Å²) in [5.74, 6) is -4.46. The second kappa shape index (κ2) is 3.26. The number of carbonyl (C=O) groups excluding carboxylic acids is 1. The van der Waals surface area contributed by atoms with Crippen LogP contribution in [0.5, 0.6) is 0 Å². The first-order valence-electron chi connectivity index (χ1n) is 3.37. The van der Waals surface area contributed by atoms with E-state index in [0.29, 0.717) is 6.08 Å². The van der Waals surface area contributed by atoms with Crippen molar-refractivity contribution in [2.45, 2.75) is 5.79 Å². The van der Waals surface area contributed by atoms with E-state index in [0.717, 1.165) is 6.08 Å². The third-order valence-electron chi connectivity index (χ3n) is 1.71. The van der Waals surface area contributed by atoms with Gasteiger partial charge in [-0.2, -0.15) is 4.39 Å². The smallest absolute Gasteiger partial charge is 0.280 e. The molecule has 13 heavy (non-hydrogen) atoms. The van der Waals surface area contributed by atoms with E-state index in [-0.39, 0.29) is 0 Å². The van der Waals surface area contributed by atoms with Gasteiger partial charge in [0, 0.05) is 6.08 Å². The summed E-state index contributed by atoms with van der Waals surface area (Å²) in [6, 6.07) is 0. The Labute approximate surface area is 77.8 Å². The molecule has 0 amide bonds. The van der Waals surface area contributed by atoms with E-state index in [1.165, 1.54) is 12.2 Å². The van der Waals surface area contributed by atoms with Crippen molar-refractivity contribution >= 4 is 16.8 Å². The summed E-state index contributed by atoms with van der Waals surface area (Å²) in [6.07, 6.45) is 4.28. The summed E-state index contributed by atoms with van der Waals surface area (Å²) >= 11 is 5.02. The molecule has 1 aliphatic carbocycles. The van der Waals surface area contributed by atoms with Gasteiger partial charge in [-0.15, -0.1) is 0 Å². The first kappa shape index (κ1) is 9.85. The summed E-state index contributed by atoms with van der Waals surface area (Å²) in [4.78, 5) is 19.8. The first-order chi connectivity index (χ1) is 5.98. The van der Waals surface area contributed by atoms with Crippen LogP contribution in [0.25, 0.3) is 0 Å². The lowest BCUT2D eigenvalue weighted by Gasteiger charge is -2.19. The van der Waals surface area contributed by atoms with Gasteiger partial charge in [0.25, 0.3) is 0 Å². The lowest BCUT2D eigenvalue weighted by Crippen LogP contribution is -2.42. The number of halogens is 2. The Morgan fingerprint density at radius 1 is 1.62 bits per heavy atom. The quantitative estimate of drug-likeness (QED) is 0.297. The zero-order chi connectivity index (χ0) is 10.1. The number of hydrogen-bond acceptors (Lipinski definition) is 3. The molecule has 70 valence electrons. The monoisotopic (exact) mass is 205 g/mol. The van der Waals surface area contributed by atoms with Gasteiger partial charge in [0.05, 0.1) is 4.92 Å². The number of nitro groups is 1. The number of alkyl halides is 1. The molecule has 0 aromatic heterocycles. The van der Waals surface area contributed by atoms with E-state index >= 15 is 0 Å². The molecule has 0 saturated carbocycles. The second-order valence-corrected chi connectivity index (χ2v) is 2.88. The molecule has 0 aromatic rings. The van der Waals surface area contributed by atoms with Crippen LogP contribution in [0.3, 0.4) is 0 Å². The van der Waals surface area contributed by atoms with Crippen LogP contribution in [-0.2, 0) is 4.79 Å². The van der Waals surface area contributed by atoms with Crippen molar-refractivity contribution < 1.29 is 14.1 Å². The second-order valence-electron chi connectivity index (χ2n) is 2.51. The number of allylic oxidation sites excluding steroid dienone is 2. The summed E-state index contributed by atoms with van der Waals surface area (Å²) in [5.41, 5.74) is 0. The van der Waals surface area contributed by atoms with Gasteiger partial charge in [-0.1, -0.05) is 18.2 Å². The minimum Gasteiger partial charge on any atom is -0.280 e. The Hall–Kier alpha value is -1.23. The van der Waals surface area contributed by atoms with Gasteiger partial charge in [0.2, 0.25) is 5.24 Å². The molecule has 4 nitrogen and oxygen atoms in total. The number of hydrogen-bond donors (Lipinski definition) is 0. The average Bonchev–Trinajstić information content (AvgIpc) is 2.04. The highest BCUT2D eigenvalue weighted by Crippen LogP contribution is 2.30. The van der Waals surface area contributed by atoms with E-state index in [2.05, 4.69) is 0 Å². The topological polar surface area (TPSA) is 60.2 Å². The van der Waals surface area contributed by atoms with Crippen LogP contribution in [0.1, 0.15) is 0 Å². The predicted molar refractivity (Wildman–Crippen MR) is 43.5 cm³/mol. The van der Waals surface area contributed by atoms with Gasteiger partial charge < -0.3 is 0 Å².